The van der Waals surface area contributed by atoms with Crippen LogP contribution >= 0.6 is 15.9 Å². The third-order valence-electron chi connectivity index (χ3n) is 6.66. The second-order valence-corrected chi connectivity index (χ2v) is 9.33. The standard InChI is InChI=1S/C26H18BrN5O2/c27-16-10-11-22(29-15-16)32-20-8-5-9-21(33)23(20)26(17-6-1-2-7-19(17)30-25(26)34)18(14-28)24(32)31-12-3-4-13-31/h1-4,6-7,10-13,15H,5,8-9H2,(H,30,34). The number of allylic oxidation sites excluding steroid dienone is 1. The van der Waals surface area contributed by atoms with Crippen molar-refractivity contribution in [3.05, 3.63) is 94.0 Å². The van der Waals surface area contributed by atoms with Gasteiger partial charge in [0.2, 0.25) is 5.91 Å². The van der Waals surface area contributed by atoms with Crippen LogP contribution in [-0.2, 0) is 15.0 Å². The summed E-state index contributed by atoms with van der Waals surface area (Å²) in [4.78, 5) is 33.9. The lowest BCUT2D eigenvalue weighted by molar-refractivity contribution is -0.122. The molecule has 4 heterocycles. The number of carbonyl (C=O) groups excluding carboxylic acids is 2. The van der Waals surface area contributed by atoms with Crippen LogP contribution in [-0.4, -0.2) is 21.2 Å². The first-order valence-corrected chi connectivity index (χ1v) is 11.7. The number of rotatable bonds is 2. The van der Waals surface area contributed by atoms with E-state index in [2.05, 4.69) is 32.3 Å². The molecular weight excluding hydrogens is 494 g/mol. The molecule has 0 fully saturated rings. The smallest absolute Gasteiger partial charge is 0.245 e. The minimum Gasteiger partial charge on any atom is -0.324 e. The number of ketones is 1. The Morgan fingerprint density at radius 2 is 1.85 bits per heavy atom. The number of hydrogen-bond acceptors (Lipinski definition) is 5. The van der Waals surface area contributed by atoms with Gasteiger partial charge in [-0.15, -0.1) is 0 Å². The highest BCUT2D eigenvalue weighted by atomic mass is 79.9. The maximum absolute atomic E-state index is 13.8. The molecular formula is C26H18BrN5O2. The molecule has 0 radical (unpaired) electrons. The number of amides is 1. The number of pyridine rings is 1. The molecule has 6 rings (SSSR count). The molecule has 8 heteroatoms. The molecule has 0 bridgehead atoms. The van der Waals surface area contributed by atoms with Gasteiger partial charge in [0.15, 0.2) is 5.78 Å². The van der Waals surface area contributed by atoms with Crippen LogP contribution in [0.15, 0.2) is 88.4 Å². The fourth-order valence-electron chi connectivity index (χ4n) is 5.36. The minimum atomic E-state index is -1.51. The quantitative estimate of drug-likeness (QED) is 0.535. The summed E-state index contributed by atoms with van der Waals surface area (Å²) in [5.74, 6) is 0.585. The molecule has 1 spiro atoms. The van der Waals surface area contributed by atoms with Crippen molar-refractivity contribution in [2.24, 2.45) is 0 Å². The van der Waals surface area contributed by atoms with Crippen molar-refractivity contribution in [2.75, 3.05) is 10.2 Å². The summed E-state index contributed by atoms with van der Waals surface area (Å²) in [5, 5.41) is 13.6. The first kappa shape index (κ1) is 20.6. The summed E-state index contributed by atoms with van der Waals surface area (Å²) in [6.07, 6.45) is 6.92. The van der Waals surface area contributed by atoms with E-state index in [9.17, 15) is 14.9 Å². The van der Waals surface area contributed by atoms with E-state index in [0.717, 1.165) is 4.47 Å². The van der Waals surface area contributed by atoms with Gasteiger partial charge in [0.1, 0.15) is 23.1 Å². The average Bonchev–Trinajstić information content (AvgIpc) is 3.47. The maximum atomic E-state index is 13.8. The van der Waals surface area contributed by atoms with Crippen molar-refractivity contribution >= 4 is 44.9 Å². The fraction of sp³-hybridized carbons (Fsp3) is 0.154. The van der Waals surface area contributed by atoms with Crippen LogP contribution in [0.4, 0.5) is 11.5 Å². The Morgan fingerprint density at radius 3 is 2.59 bits per heavy atom. The molecule has 166 valence electrons. The number of nitriles is 1. The van der Waals surface area contributed by atoms with Crippen LogP contribution in [0.2, 0.25) is 0 Å². The van der Waals surface area contributed by atoms with E-state index >= 15 is 0 Å². The lowest BCUT2D eigenvalue weighted by atomic mass is 9.64. The Morgan fingerprint density at radius 1 is 1.06 bits per heavy atom. The molecule has 34 heavy (non-hydrogen) atoms. The van der Waals surface area contributed by atoms with Crippen LogP contribution in [0.25, 0.3) is 5.82 Å². The van der Waals surface area contributed by atoms with E-state index in [4.69, 9.17) is 0 Å². The Hall–Kier alpha value is -3.96. The van der Waals surface area contributed by atoms with E-state index in [-0.39, 0.29) is 17.3 Å². The molecule has 1 amide bonds. The molecule has 1 aromatic carbocycles. The number of nitrogens with zero attached hydrogens (tertiary/aromatic N) is 4. The van der Waals surface area contributed by atoms with Crippen molar-refractivity contribution in [1.29, 1.82) is 5.26 Å². The topological polar surface area (TPSA) is 91.0 Å². The van der Waals surface area contributed by atoms with Crippen molar-refractivity contribution in [1.82, 2.24) is 9.55 Å². The number of fused-ring (bicyclic) bond motifs is 3. The third kappa shape index (κ3) is 2.65. The number of para-hydroxylation sites is 1. The normalized spacial score (nSPS) is 21.5. The lowest BCUT2D eigenvalue weighted by Gasteiger charge is -2.44. The van der Waals surface area contributed by atoms with E-state index in [1.807, 2.05) is 70.4 Å². The Bertz CT molecular complexity index is 1460. The number of halogens is 1. The van der Waals surface area contributed by atoms with Gasteiger partial charge in [0, 0.05) is 52.0 Å². The number of nitrogens with one attached hydrogen (secondary N) is 1. The molecule has 0 saturated carbocycles. The number of Topliss-reactive ketones (excluding diaryl/α,β-unsaturated/α-hetero) is 1. The SMILES string of the molecule is N#CC1=C(n2cccc2)N(c2ccc(Br)cn2)C2=C(C(=O)CCC2)C12C(=O)Nc1ccccc12. The molecule has 0 saturated heterocycles. The van der Waals surface area contributed by atoms with Crippen molar-refractivity contribution in [2.45, 2.75) is 24.7 Å². The molecule has 1 unspecified atom stereocenters. The van der Waals surface area contributed by atoms with Crippen LogP contribution in [0.1, 0.15) is 24.8 Å². The first-order valence-electron chi connectivity index (χ1n) is 10.9. The summed E-state index contributed by atoms with van der Waals surface area (Å²) in [7, 11) is 0. The zero-order chi connectivity index (χ0) is 23.4. The monoisotopic (exact) mass is 511 g/mol. The summed E-state index contributed by atoms with van der Waals surface area (Å²) in [6.45, 7) is 0. The van der Waals surface area contributed by atoms with E-state index in [1.54, 1.807) is 6.20 Å². The molecule has 3 aliphatic rings. The van der Waals surface area contributed by atoms with Gasteiger partial charge in [-0.05, 0) is 59.1 Å². The van der Waals surface area contributed by atoms with E-state index < -0.39 is 5.41 Å². The summed E-state index contributed by atoms with van der Waals surface area (Å²) < 4.78 is 2.64. The maximum Gasteiger partial charge on any atom is 0.245 e. The van der Waals surface area contributed by atoms with Crippen molar-refractivity contribution in [3.63, 3.8) is 0 Å². The zero-order valence-corrected chi connectivity index (χ0v) is 19.5. The average molecular weight is 512 g/mol. The van der Waals surface area contributed by atoms with Gasteiger partial charge in [-0.3, -0.25) is 14.5 Å². The fourth-order valence-corrected chi connectivity index (χ4v) is 5.60. The second-order valence-electron chi connectivity index (χ2n) is 8.42. The Kier molecular flexibility index (Phi) is 4.57. The third-order valence-corrected chi connectivity index (χ3v) is 7.13. The van der Waals surface area contributed by atoms with E-state index in [0.29, 0.717) is 53.4 Å². The van der Waals surface area contributed by atoms with Crippen LogP contribution in [0.3, 0.4) is 0 Å². The van der Waals surface area contributed by atoms with Gasteiger partial charge in [0.25, 0.3) is 0 Å². The molecule has 1 aliphatic carbocycles. The van der Waals surface area contributed by atoms with Gasteiger partial charge in [-0.1, -0.05) is 18.2 Å². The Labute approximate surface area is 204 Å². The lowest BCUT2D eigenvalue weighted by Crippen LogP contribution is -2.49. The molecule has 2 aromatic heterocycles. The van der Waals surface area contributed by atoms with E-state index in [1.165, 1.54) is 0 Å². The number of anilines is 2. The van der Waals surface area contributed by atoms with Gasteiger partial charge in [-0.2, -0.15) is 5.26 Å². The summed E-state index contributed by atoms with van der Waals surface area (Å²) in [5.41, 5.74) is 1.02. The van der Waals surface area contributed by atoms with Crippen LogP contribution < -0.4 is 10.2 Å². The number of benzene rings is 1. The molecule has 1 atom stereocenters. The predicted molar refractivity (Wildman–Crippen MR) is 130 cm³/mol. The van der Waals surface area contributed by atoms with Crippen LogP contribution in [0.5, 0.6) is 0 Å². The molecule has 1 N–H and O–H groups in total. The molecule has 3 aromatic rings. The minimum absolute atomic E-state index is 0.116. The largest absolute Gasteiger partial charge is 0.324 e. The summed E-state index contributed by atoms with van der Waals surface area (Å²) in [6, 6.07) is 17.1. The number of hydrogen-bond donors (Lipinski definition) is 1. The highest BCUT2D eigenvalue weighted by Gasteiger charge is 2.60. The van der Waals surface area contributed by atoms with Crippen molar-refractivity contribution < 1.29 is 9.59 Å². The summed E-state index contributed by atoms with van der Waals surface area (Å²) >= 11 is 3.43. The predicted octanol–water partition coefficient (Wildman–Crippen LogP) is 4.76. The molecule has 2 aliphatic heterocycles. The first-order chi connectivity index (χ1) is 16.6. The van der Waals surface area contributed by atoms with Crippen LogP contribution in [0, 0.1) is 11.3 Å². The highest BCUT2D eigenvalue weighted by Crippen LogP contribution is 2.56. The Balaban J connectivity index is 1.78. The van der Waals surface area contributed by atoms with Gasteiger partial charge in [-0.25, -0.2) is 4.98 Å². The van der Waals surface area contributed by atoms with Gasteiger partial charge in [0.05, 0.1) is 5.57 Å². The second kappa shape index (κ2) is 7.54. The number of aromatic nitrogens is 2. The highest BCUT2D eigenvalue weighted by molar-refractivity contribution is 9.10. The number of carbonyl (C=O) groups is 2. The zero-order valence-electron chi connectivity index (χ0n) is 18.0. The van der Waals surface area contributed by atoms with Gasteiger partial charge < -0.3 is 9.88 Å². The molecule has 7 nitrogen and oxygen atoms in total. The van der Waals surface area contributed by atoms with Crippen molar-refractivity contribution in [3.8, 4) is 6.07 Å². The van der Waals surface area contributed by atoms with Gasteiger partial charge >= 0.3 is 0 Å².